The first kappa shape index (κ1) is 29.5. The summed E-state index contributed by atoms with van der Waals surface area (Å²) in [6, 6.07) is 40.8. The summed E-state index contributed by atoms with van der Waals surface area (Å²) in [4.78, 5) is 0. The van der Waals surface area contributed by atoms with Gasteiger partial charge in [-0.1, -0.05) is 121 Å². The third kappa shape index (κ3) is 8.76. The largest absolute Gasteiger partial charge is 0.374 e. The van der Waals surface area contributed by atoms with E-state index in [1.807, 2.05) is 79.1 Å². The van der Waals surface area contributed by atoms with Gasteiger partial charge in [0.05, 0.1) is 33.0 Å². The van der Waals surface area contributed by atoms with Crippen molar-refractivity contribution in [2.45, 2.75) is 56.3 Å². The van der Waals surface area contributed by atoms with Crippen LogP contribution in [0.25, 0.3) is 0 Å². The fraction of sp³-hybridized carbons (Fsp3) is 0.314. The molecular weight excluding hydrogens is 532 g/mol. The molecule has 0 spiro atoms. The van der Waals surface area contributed by atoms with Gasteiger partial charge in [-0.25, -0.2) is 0 Å². The van der Waals surface area contributed by atoms with Gasteiger partial charge < -0.3 is 23.7 Å². The summed E-state index contributed by atoms with van der Waals surface area (Å²) >= 11 is 1.63. The van der Waals surface area contributed by atoms with Crippen molar-refractivity contribution in [2.75, 3.05) is 12.9 Å². The zero-order valence-corrected chi connectivity index (χ0v) is 24.2. The van der Waals surface area contributed by atoms with Crippen LogP contribution in [-0.4, -0.2) is 42.7 Å². The predicted molar refractivity (Wildman–Crippen MR) is 163 cm³/mol. The predicted octanol–water partition coefficient (Wildman–Crippen LogP) is 7.05. The second-order valence-corrected chi connectivity index (χ2v) is 11.0. The van der Waals surface area contributed by atoms with E-state index in [1.165, 1.54) is 0 Å². The van der Waals surface area contributed by atoms with E-state index in [0.717, 1.165) is 22.3 Å². The van der Waals surface area contributed by atoms with E-state index < -0.39 is 6.10 Å². The number of hydrogen-bond acceptors (Lipinski definition) is 6. The Morgan fingerprint density at radius 2 is 0.902 bits per heavy atom. The molecule has 0 bridgehead atoms. The highest BCUT2D eigenvalue weighted by Crippen LogP contribution is 2.34. The molecule has 1 saturated heterocycles. The van der Waals surface area contributed by atoms with E-state index in [1.54, 1.807) is 11.8 Å². The standard InChI is InChI=1S/C35H38O5S/c1-41-35-34(39-25-30-20-12-5-13-21-30)33(38-24-29-18-10-4-11-19-29)32(37-23-28-16-8-3-9-17-28)31(40-35)26-36-22-27-14-6-2-7-15-27/h2-21,31-35H,22-26H2,1H3/t31-,32-,33+,34-,35?/m1/s1. The van der Waals surface area contributed by atoms with Gasteiger partial charge in [0.25, 0.3) is 0 Å². The van der Waals surface area contributed by atoms with Crippen LogP contribution in [0.3, 0.4) is 0 Å². The molecule has 5 nitrogen and oxygen atoms in total. The van der Waals surface area contributed by atoms with Gasteiger partial charge in [-0.15, -0.1) is 11.8 Å². The Kier molecular flexibility index (Phi) is 11.4. The Labute approximate surface area is 247 Å². The highest BCUT2D eigenvalue weighted by atomic mass is 32.2. The highest BCUT2D eigenvalue weighted by molar-refractivity contribution is 7.99. The Morgan fingerprint density at radius 3 is 1.34 bits per heavy atom. The first-order valence-electron chi connectivity index (χ1n) is 14.1. The van der Waals surface area contributed by atoms with Gasteiger partial charge in [0.2, 0.25) is 0 Å². The van der Waals surface area contributed by atoms with Crippen LogP contribution in [-0.2, 0) is 50.1 Å². The lowest BCUT2D eigenvalue weighted by Gasteiger charge is -2.45. The molecule has 214 valence electrons. The highest BCUT2D eigenvalue weighted by Gasteiger charge is 2.48. The number of rotatable bonds is 14. The maximum atomic E-state index is 6.70. The van der Waals surface area contributed by atoms with Crippen molar-refractivity contribution in [1.29, 1.82) is 0 Å². The van der Waals surface area contributed by atoms with E-state index in [9.17, 15) is 0 Å². The average Bonchev–Trinajstić information content (AvgIpc) is 3.04. The maximum absolute atomic E-state index is 6.70. The Bertz CT molecular complexity index is 1260. The molecule has 41 heavy (non-hydrogen) atoms. The van der Waals surface area contributed by atoms with Gasteiger partial charge in [0.15, 0.2) is 0 Å². The number of benzene rings is 4. The van der Waals surface area contributed by atoms with Crippen LogP contribution in [0.2, 0.25) is 0 Å². The molecule has 0 saturated carbocycles. The first-order valence-corrected chi connectivity index (χ1v) is 15.4. The number of ether oxygens (including phenoxy) is 5. The molecule has 5 atom stereocenters. The summed E-state index contributed by atoms with van der Waals surface area (Å²) in [7, 11) is 0. The zero-order chi connectivity index (χ0) is 28.1. The van der Waals surface area contributed by atoms with Crippen molar-refractivity contribution in [3.05, 3.63) is 144 Å². The molecule has 1 aliphatic heterocycles. The van der Waals surface area contributed by atoms with Crippen molar-refractivity contribution in [3.8, 4) is 0 Å². The van der Waals surface area contributed by atoms with Crippen LogP contribution < -0.4 is 0 Å². The van der Waals surface area contributed by atoms with E-state index in [2.05, 4.69) is 48.5 Å². The molecule has 0 N–H and O–H groups in total. The Morgan fingerprint density at radius 1 is 0.512 bits per heavy atom. The molecule has 0 aliphatic carbocycles. The molecule has 4 aromatic carbocycles. The molecule has 1 aliphatic rings. The lowest BCUT2D eigenvalue weighted by molar-refractivity contribution is -0.254. The summed E-state index contributed by atoms with van der Waals surface area (Å²) in [6.45, 7) is 2.21. The SMILES string of the molecule is CSC1O[C@H](COCc2ccccc2)[C@@H](OCc2ccccc2)[C@H](OCc2ccccc2)[C@H]1OCc1ccccc1. The second-order valence-electron chi connectivity index (χ2n) is 10.1. The summed E-state index contributed by atoms with van der Waals surface area (Å²) in [5.74, 6) is 0. The normalized spacial score (nSPS) is 22.4. The van der Waals surface area contributed by atoms with Crippen molar-refractivity contribution in [2.24, 2.45) is 0 Å². The number of hydrogen-bond donors (Lipinski definition) is 0. The van der Waals surface area contributed by atoms with Crippen molar-refractivity contribution >= 4 is 11.8 Å². The summed E-state index contributed by atoms with van der Waals surface area (Å²) in [5.41, 5.74) is 4.16. The lowest BCUT2D eigenvalue weighted by Crippen LogP contribution is -2.60. The third-order valence-electron chi connectivity index (χ3n) is 7.07. The molecule has 0 radical (unpaired) electrons. The fourth-order valence-electron chi connectivity index (χ4n) is 4.94. The smallest absolute Gasteiger partial charge is 0.132 e. The fourth-order valence-corrected chi connectivity index (χ4v) is 5.69. The van der Waals surface area contributed by atoms with E-state index in [4.69, 9.17) is 23.7 Å². The van der Waals surface area contributed by atoms with Crippen LogP contribution in [0.5, 0.6) is 0 Å². The van der Waals surface area contributed by atoms with E-state index in [-0.39, 0.29) is 23.7 Å². The Hall–Kier alpha value is -2.97. The van der Waals surface area contributed by atoms with Crippen molar-refractivity contribution in [1.82, 2.24) is 0 Å². The molecule has 4 aromatic rings. The molecule has 5 rings (SSSR count). The van der Waals surface area contributed by atoms with Gasteiger partial charge >= 0.3 is 0 Å². The van der Waals surface area contributed by atoms with Gasteiger partial charge in [0, 0.05) is 0 Å². The van der Waals surface area contributed by atoms with Crippen molar-refractivity contribution < 1.29 is 23.7 Å². The van der Waals surface area contributed by atoms with Gasteiger partial charge in [-0.05, 0) is 28.5 Å². The number of thioether (sulfide) groups is 1. The maximum Gasteiger partial charge on any atom is 0.132 e. The quantitative estimate of drug-likeness (QED) is 0.162. The minimum absolute atomic E-state index is 0.249. The summed E-state index contributed by atoms with van der Waals surface area (Å²) < 4.78 is 32.8. The summed E-state index contributed by atoms with van der Waals surface area (Å²) in [5, 5.41) is 0. The van der Waals surface area contributed by atoms with Gasteiger partial charge in [0.1, 0.15) is 29.9 Å². The monoisotopic (exact) mass is 570 g/mol. The lowest BCUT2D eigenvalue weighted by atomic mass is 9.98. The van der Waals surface area contributed by atoms with Crippen molar-refractivity contribution in [3.63, 3.8) is 0 Å². The summed E-state index contributed by atoms with van der Waals surface area (Å²) in [6.07, 6.45) is 0.584. The molecule has 0 aromatic heterocycles. The molecule has 1 heterocycles. The first-order chi connectivity index (χ1) is 20.3. The second kappa shape index (κ2) is 15.9. The minimum Gasteiger partial charge on any atom is -0.374 e. The molecular formula is C35H38O5S. The minimum atomic E-state index is -0.404. The molecule has 6 heteroatoms. The van der Waals surface area contributed by atoms with Crippen LogP contribution in [0, 0.1) is 0 Å². The van der Waals surface area contributed by atoms with E-state index in [0.29, 0.717) is 33.0 Å². The van der Waals surface area contributed by atoms with Crippen LogP contribution in [0.1, 0.15) is 22.3 Å². The third-order valence-corrected chi connectivity index (χ3v) is 7.92. The topological polar surface area (TPSA) is 46.2 Å². The molecule has 0 amide bonds. The average molecular weight is 571 g/mol. The van der Waals surface area contributed by atoms with Gasteiger partial charge in [-0.2, -0.15) is 0 Å². The molecule has 1 unspecified atom stereocenters. The van der Waals surface area contributed by atoms with Crippen LogP contribution in [0.4, 0.5) is 0 Å². The van der Waals surface area contributed by atoms with E-state index >= 15 is 0 Å². The van der Waals surface area contributed by atoms with Gasteiger partial charge in [-0.3, -0.25) is 0 Å². The van der Waals surface area contributed by atoms with Crippen LogP contribution in [0.15, 0.2) is 121 Å². The van der Waals surface area contributed by atoms with Crippen LogP contribution >= 0.6 is 11.8 Å². The Balaban J connectivity index is 1.38. The molecule has 1 fully saturated rings. The zero-order valence-electron chi connectivity index (χ0n) is 23.4.